The molecule has 1 unspecified atom stereocenters. The lowest BCUT2D eigenvalue weighted by atomic mass is 9.98. The first-order valence-electron chi connectivity index (χ1n) is 6.98. The molecule has 0 saturated heterocycles. The van der Waals surface area contributed by atoms with Gasteiger partial charge in [-0.05, 0) is 42.8 Å². The van der Waals surface area contributed by atoms with Crippen molar-refractivity contribution in [2.45, 2.75) is 19.4 Å². The molecule has 0 spiro atoms. The van der Waals surface area contributed by atoms with E-state index in [-0.39, 0.29) is 11.9 Å². The van der Waals surface area contributed by atoms with Gasteiger partial charge in [0.25, 0.3) is 0 Å². The molecule has 0 aliphatic carbocycles. The van der Waals surface area contributed by atoms with Crippen molar-refractivity contribution in [2.24, 2.45) is 0 Å². The SMILES string of the molecule is CCCNC(c1cccc(OC)c1)c1ccc(Br)cc1F. The van der Waals surface area contributed by atoms with E-state index in [1.165, 1.54) is 6.07 Å². The molecule has 0 radical (unpaired) electrons. The highest BCUT2D eigenvalue weighted by Gasteiger charge is 2.18. The average Bonchev–Trinajstić information content (AvgIpc) is 2.49. The molecule has 0 aliphatic heterocycles. The Morgan fingerprint density at radius 3 is 2.71 bits per heavy atom. The van der Waals surface area contributed by atoms with Gasteiger partial charge in [0, 0.05) is 10.0 Å². The van der Waals surface area contributed by atoms with Gasteiger partial charge in [-0.15, -0.1) is 0 Å². The van der Waals surface area contributed by atoms with Gasteiger partial charge in [-0.2, -0.15) is 0 Å². The topological polar surface area (TPSA) is 21.3 Å². The fourth-order valence-electron chi connectivity index (χ4n) is 2.25. The molecular formula is C17H19BrFNO. The van der Waals surface area contributed by atoms with Crippen LogP contribution in [0.5, 0.6) is 5.75 Å². The van der Waals surface area contributed by atoms with Gasteiger partial charge in [-0.25, -0.2) is 4.39 Å². The number of halogens is 2. The summed E-state index contributed by atoms with van der Waals surface area (Å²) >= 11 is 3.30. The van der Waals surface area contributed by atoms with Crippen LogP contribution < -0.4 is 10.1 Å². The standard InChI is InChI=1S/C17H19BrFNO/c1-3-9-20-17(12-5-4-6-14(10-12)21-2)15-8-7-13(18)11-16(15)19/h4-8,10-11,17,20H,3,9H2,1-2H3. The Morgan fingerprint density at radius 1 is 1.24 bits per heavy atom. The van der Waals surface area contributed by atoms with E-state index in [9.17, 15) is 4.39 Å². The Morgan fingerprint density at radius 2 is 2.05 bits per heavy atom. The summed E-state index contributed by atoms with van der Waals surface area (Å²) in [7, 11) is 1.63. The van der Waals surface area contributed by atoms with Crippen molar-refractivity contribution in [3.8, 4) is 5.75 Å². The summed E-state index contributed by atoms with van der Waals surface area (Å²) in [5.74, 6) is 0.550. The molecule has 2 nitrogen and oxygen atoms in total. The highest BCUT2D eigenvalue weighted by molar-refractivity contribution is 9.10. The lowest BCUT2D eigenvalue weighted by Crippen LogP contribution is -2.24. The van der Waals surface area contributed by atoms with Crippen LogP contribution in [-0.4, -0.2) is 13.7 Å². The Balaban J connectivity index is 2.41. The monoisotopic (exact) mass is 351 g/mol. The maximum Gasteiger partial charge on any atom is 0.129 e. The summed E-state index contributed by atoms with van der Waals surface area (Å²) in [6.07, 6.45) is 0.985. The molecular weight excluding hydrogens is 333 g/mol. The van der Waals surface area contributed by atoms with Gasteiger partial charge in [-0.3, -0.25) is 0 Å². The fraction of sp³-hybridized carbons (Fsp3) is 0.294. The number of hydrogen-bond donors (Lipinski definition) is 1. The first-order chi connectivity index (χ1) is 10.2. The van der Waals surface area contributed by atoms with Gasteiger partial charge in [0.15, 0.2) is 0 Å². The second-order valence-corrected chi connectivity index (χ2v) is 5.75. The normalized spacial score (nSPS) is 12.2. The zero-order valence-electron chi connectivity index (χ0n) is 12.2. The largest absolute Gasteiger partial charge is 0.497 e. The molecule has 112 valence electrons. The molecule has 0 aliphatic rings. The van der Waals surface area contributed by atoms with E-state index in [1.54, 1.807) is 7.11 Å². The molecule has 1 N–H and O–H groups in total. The molecule has 0 amide bonds. The fourth-order valence-corrected chi connectivity index (χ4v) is 2.59. The number of hydrogen-bond acceptors (Lipinski definition) is 2. The van der Waals surface area contributed by atoms with Crippen LogP contribution >= 0.6 is 15.9 Å². The Kier molecular flexibility index (Phi) is 5.76. The maximum absolute atomic E-state index is 14.3. The predicted molar refractivity (Wildman–Crippen MR) is 87.2 cm³/mol. The van der Waals surface area contributed by atoms with Crippen LogP contribution in [-0.2, 0) is 0 Å². The third kappa shape index (κ3) is 4.05. The Bertz CT molecular complexity index is 603. The summed E-state index contributed by atoms with van der Waals surface area (Å²) in [5, 5.41) is 3.40. The minimum absolute atomic E-state index is 0.187. The molecule has 0 heterocycles. The van der Waals surface area contributed by atoms with Crippen LogP contribution in [0.1, 0.15) is 30.5 Å². The van der Waals surface area contributed by atoms with E-state index in [0.29, 0.717) is 5.56 Å². The number of methoxy groups -OCH3 is 1. The summed E-state index contributed by atoms with van der Waals surface area (Å²) in [4.78, 5) is 0. The molecule has 0 aromatic heterocycles. The minimum Gasteiger partial charge on any atom is -0.497 e. The van der Waals surface area contributed by atoms with Crippen molar-refractivity contribution >= 4 is 15.9 Å². The number of ether oxygens (including phenoxy) is 1. The third-order valence-corrected chi connectivity index (χ3v) is 3.79. The van der Waals surface area contributed by atoms with E-state index in [0.717, 1.165) is 28.8 Å². The zero-order chi connectivity index (χ0) is 15.2. The van der Waals surface area contributed by atoms with Crippen LogP contribution in [0.15, 0.2) is 46.9 Å². The van der Waals surface area contributed by atoms with E-state index in [1.807, 2.05) is 36.4 Å². The lowest BCUT2D eigenvalue weighted by Gasteiger charge is -2.21. The molecule has 1 atom stereocenters. The zero-order valence-corrected chi connectivity index (χ0v) is 13.8. The summed E-state index contributed by atoms with van der Waals surface area (Å²) in [5.41, 5.74) is 1.63. The molecule has 2 aromatic rings. The maximum atomic E-state index is 14.3. The van der Waals surface area contributed by atoms with Gasteiger partial charge >= 0.3 is 0 Å². The smallest absolute Gasteiger partial charge is 0.129 e. The van der Waals surface area contributed by atoms with Crippen LogP contribution in [0.25, 0.3) is 0 Å². The van der Waals surface area contributed by atoms with Crippen LogP contribution in [0.3, 0.4) is 0 Å². The molecule has 2 aromatic carbocycles. The van der Waals surface area contributed by atoms with Gasteiger partial charge in [0.05, 0.1) is 13.2 Å². The minimum atomic E-state index is -0.221. The number of rotatable bonds is 6. The Labute approximate surface area is 133 Å². The molecule has 0 bridgehead atoms. The van der Waals surface area contributed by atoms with Crippen molar-refractivity contribution < 1.29 is 9.13 Å². The van der Waals surface area contributed by atoms with Crippen molar-refractivity contribution in [3.05, 3.63) is 63.9 Å². The van der Waals surface area contributed by atoms with E-state index >= 15 is 0 Å². The molecule has 0 saturated carbocycles. The van der Waals surface area contributed by atoms with Crippen LogP contribution in [0.2, 0.25) is 0 Å². The molecule has 4 heteroatoms. The van der Waals surface area contributed by atoms with Crippen LogP contribution in [0, 0.1) is 5.82 Å². The number of nitrogens with one attached hydrogen (secondary N) is 1. The van der Waals surface area contributed by atoms with Crippen molar-refractivity contribution in [1.82, 2.24) is 5.32 Å². The second-order valence-electron chi connectivity index (χ2n) is 4.83. The molecule has 2 rings (SSSR count). The quantitative estimate of drug-likeness (QED) is 0.815. The predicted octanol–water partition coefficient (Wildman–Crippen LogP) is 4.69. The summed E-state index contributed by atoms with van der Waals surface area (Å²) in [6.45, 7) is 2.91. The van der Waals surface area contributed by atoms with Crippen LogP contribution in [0.4, 0.5) is 4.39 Å². The van der Waals surface area contributed by atoms with Crippen molar-refractivity contribution in [3.63, 3.8) is 0 Å². The van der Waals surface area contributed by atoms with Crippen molar-refractivity contribution in [2.75, 3.05) is 13.7 Å². The van der Waals surface area contributed by atoms with Gasteiger partial charge in [0.1, 0.15) is 11.6 Å². The average molecular weight is 352 g/mol. The summed E-state index contributed by atoms with van der Waals surface area (Å²) < 4.78 is 20.3. The van der Waals surface area contributed by atoms with Gasteiger partial charge in [0.2, 0.25) is 0 Å². The van der Waals surface area contributed by atoms with Gasteiger partial charge < -0.3 is 10.1 Å². The number of benzene rings is 2. The highest BCUT2D eigenvalue weighted by atomic mass is 79.9. The lowest BCUT2D eigenvalue weighted by molar-refractivity contribution is 0.413. The third-order valence-electron chi connectivity index (χ3n) is 3.30. The first-order valence-corrected chi connectivity index (χ1v) is 7.77. The van der Waals surface area contributed by atoms with E-state index in [2.05, 4.69) is 28.2 Å². The van der Waals surface area contributed by atoms with E-state index < -0.39 is 0 Å². The van der Waals surface area contributed by atoms with Gasteiger partial charge in [-0.1, -0.05) is 41.1 Å². The molecule has 0 fully saturated rings. The Hall–Kier alpha value is -1.39. The highest BCUT2D eigenvalue weighted by Crippen LogP contribution is 2.28. The van der Waals surface area contributed by atoms with E-state index in [4.69, 9.17) is 4.74 Å². The second kappa shape index (κ2) is 7.57. The molecule has 21 heavy (non-hydrogen) atoms. The summed E-state index contributed by atoms with van der Waals surface area (Å²) in [6, 6.07) is 12.7. The van der Waals surface area contributed by atoms with Crippen molar-refractivity contribution in [1.29, 1.82) is 0 Å². The first kappa shape index (κ1) is 16.0.